The molecule has 1 aliphatic carbocycles. The average molecular weight is 513 g/mol. The van der Waals surface area contributed by atoms with Crippen LogP contribution in [0.25, 0.3) is 0 Å². The monoisotopic (exact) mass is 512 g/mol. The molecule has 1 atom stereocenters. The minimum absolute atomic E-state index is 0.0515. The third kappa shape index (κ3) is 4.97. The zero-order valence-corrected chi connectivity index (χ0v) is 20.7. The van der Waals surface area contributed by atoms with Crippen LogP contribution >= 0.6 is 22.9 Å². The minimum Gasteiger partial charge on any atom is -0.478 e. The highest BCUT2D eigenvalue weighted by molar-refractivity contribution is 7.92. The van der Waals surface area contributed by atoms with Crippen molar-refractivity contribution in [2.45, 2.75) is 45.1 Å². The van der Waals surface area contributed by atoms with Crippen molar-refractivity contribution in [3.05, 3.63) is 39.2 Å². The number of hydrogen-bond donors (Lipinski definition) is 1. The number of nitrogens with one attached hydrogen (secondary N) is 1. The highest BCUT2D eigenvalue weighted by Gasteiger charge is 2.33. The molecule has 1 amide bonds. The molecule has 1 N–H and O–H groups in total. The van der Waals surface area contributed by atoms with Crippen molar-refractivity contribution in [3.8, 4) is 5.75 Å². The Morgan fingerprint density at radius 2 is 2.06 bits per heavy atom. The summed E-state index contributed by atoms with van der Waals surface area (Å²) in [6.45, 7) is 2.03. The summed E-state index contributed by atoms with van der Waals surface area (Å²) in [5.74, 6) is -0.647. The van der Waals surface area contributed by atoms with E-state index in [9.17, 15) is 18.0 Å². The molecule has 0 radical (unpaired) electrons. The summed E-state index contributed by atoms with van der Waals surface area (Å²) in [5.41, 5.74) is 1.66. The Hall–Kier alpha value is -2.30. The van der Waals surface area contributed by atoms with Crippen LogP contribution in [0.15, 0.2) is 18.2 Å². The number of sulfonamides is 1. The number of aryl methyl sites for hydroxylation is 1. The van der Waals surface area contributed by atoms with Gasteiger partial charge in [-0.3, -0.25) is 9.10 Å². The van der Waals surface area contributed by atoms with Crippen molar-refractivity contribution in [3.63, 3.8) is 0 Å². The lowest BCUT2D eigenvalue weighted by molar-refractivity contribution is -0.122. The molecule has 178 valence electrons. The molecule has 8 nitrogen and oxygen atoms in total. The van der Waals surface area contributed by atoms with Gasteiger partial charge >= 0.3 is 5.97 Å². The summed E-state index contributed by atoms with van der Waals surface area (Å²) in [6, 6.07) is 4.63. The molecule has 2 heterocycles. The number of halogens is 1. The molecule has 33 heavy (non-hydrogen) atoms. The molecular formula is C22H25ClN2O6S2. The number of amides is 1. The van der Waals surface area contributed by atoms with E-state index in [0.29, 0.717) is 21.3 Å². The van der Waals surface area contributed by atoms with Crippen molar-refractivity contribution in [2.24, 2.45) is 0 Å². The standard InChI is InChI=1S/C22H25ClN2O6S2/c1-3-30-22(27)19-14-6-4-5-7-18(14)32-21(19)24-20(26)17-10-11-25(33(2,28)29)15-12-13(23)8-9-16(15)31-17/h8-9,12,17H,3-7,10-11H2,1-2H3,(H,24,26). The number of anilines is 2. The van der Waals surface area contributed by atoms with E-state index in [2.05, 4.69) is 5.32 Å². The second kappa shape index (κ2) is 9.52. The SMILES string of the molecule is CCOC(=O)c1c(NC(=O)C2CCN(S(C)(=O)=O)c3cc(Cl)ccc3O2)sc2c1CCCC2. The fraction of sp³-hybridized carbons (Fsp3) is 0.455. The van der Waals surface area contributed by atoms with Crippen LogP contribution in [0, 0.1) is 0 Å². The highest BCUT2D eigenvalue weighted by Crippen LogP contribution is 2.40. The number of rotatable bonds is 5. The van der Waals surface area contributed by atoms with E-state index >= 15 is 0 Å². The first kappa shape index (κ1) is 23.8. The molecule has 2 aromatic rings. The fourth-order valence-corrected chi connectivity index (χ4v) is 6.53. The number of benzene rings is 1. The number of nitrogens with zero attached hydrogens (tertiary/aromatic N) is 1. The van der Waals surface area contributed by atoms with Crippen molar-refractivity contribution in [1.29, 1.82) is 0 Å². The first-order valence-electron chi connectivity index (χ1n) is 10.8. The molecule has 1 aliphatic heterocycles. The number of carbonyl (C=O) groups is 2. The van der Waals surface area contributed by atoms with E-state index in [1.54, 1.807) is 19.1 Å². The summed E-state index contributed by atoms with van der Waals surface area (Å²) >= 11 is 7.47. The summed E-state index contributed by atoms with van der Waals surface area (Å²) in [6.07, 6.45) is 3.93. The summed E-state index contributed by atoms with van der Waals surface area (Å²) in [7, 11) is -3.61. The molecule has 0 fully saturated rings. The van der Waals surface area contributed by atoms with Crippen LogP contribution in [-0.2, 0) is 32.4 Å². The predicted octanol–water partition coefficient (Wildman–Crippen LogP) is 4.01. The number of esters is 1. The lowest BCUT2D eigenvalue weighted by Crippen LogP contribution is -2.36. The van der Waals surface area contributed by atoms with E-state index < -0.39 is 28.0 Å². The predicted molar refractivity (Wildman–Crippen MR) is 128 cm³/mol. The summed E-state index contributed by atoms with van der Waals surface area (Å²) in [5, 5.41) is 3.67. The fourth-order valence-electron chi connectivity index (χ4n) is 4.15. The summed E-state index contributed by atoms with van der Waals surface area (Å²) < 4.78 is 37.1. The van der Waals surface area contributed by atoms with Crippen LogP contribution in [-0.4, -0.2) is 45.8 Å². The maximum atomic E-state index is 13.2. The van der Waals surface area contributed by atoms with Crippen LogP contribution in [0.5, 0.6) is 5.75 Å². The van der Waals surface area contributed by atoms with Crippen LogP contribution in [0.1, 0.15) is 47.0 Å². The Morgan fingerprint density at radius 1 is 1.30 bits per heavy atom. The molecule has 1 aromatic heterocycles. The first-order valence-corrected chi connectivity index (χ1v) is 13.8. The van der Waals surface area contributed by atoms with E-state index in [1.165, 1.54) is 21.7 Å². The lowest BCUT2D eigenvalue weighted by Gasteiger charge is -2.21. The second-order valence-electron chi connectivity index (χ2n) is 7.97. The van der Waals surface area contributed by atoms with Crippen LogP contribution in [0.2, 0.25) is 5.02 Å². The molecule has 11 heteroatoms. The molecular weight excluding hydrogens is 488 g/mol. The first-order chi connectivity index (χ1) is 15.7. The molecule has 0 bridgehead atoms. The van der Waals surface area contributed by atoms with Gasteiger partial charge in [0.25, 0.3) is 5.91 Å². The van der Waals surface area contributed by atoms with Gasteiger partial charge in [-0.05, 0) is 56.4 Å². The molecule has 0 saturated carbocycles. The third-order valence-electron chi connectivity index (χ3n) is 5.63. The Labute approximate surface area is 201 Å². The molecule has 1 unspecified atom stereocenters. The van der Waals surface area contributed by atoms with Gasteiger partial charge in [-0.25, -0.2) is 13.2 Å². The Morgan fingerprint density at radius 3 is 2.79 bits per heavy atom. The van der Waals surface area contributed by atoms with E-state index in [0.717, 1.165) is 42.4 Å². The van der Waals surface area contributed by atoms with Crippen molar-refractivity contribution >= 4 is 55.5 Å². The van der Waals surface area contributed by atoms with E-state index in [1.807, 2.05) is 0 Å². The van der Waals surface area contributed by atoms with E-state index in [4.69, 9.17) is 21.1 Å². The molecule has 0 spiro atoms. The molecule has 0 saturated heterocycles. The molecule has 2 aliphatic rings. The molecule has 1 aromatic carbocycles. The van der Waals surface area contributed by atoms with Crippen molar-refractivity contribution < 1.29 is 27.5 Å². The van der Waals surface area contributed by atoms with Gasteiger partial charge in [-0.1, -0.05) is 11.6 Å². The van der Waals surface area contributed by atoms with Gasteiger partial charge in [-0.15, -0.1) is 11.3 Å². The average Bonchev–Trinajstić information content (AvgIpc) is 2.99. The summed E-state index contributed by atoms with van der Waals surface area (Å²) in [4.78, 5) is 27.0. The van der Waals surface area contributed by atoms with Gasteiger partial charge in [0.15, 0.2) is 6.10 Å². The smallest absolute Gasteiger partial charge is 0.341 e. The zero-order valence-electron chi connectivity index (χ0n) is 18.4. The third-order valence-corrected chi connectivity index (χ3v) is 8.26. The highest BCUT2D eigenvalue weighted by atomic mass is 35.5. The number of carbonyl (C=O) groups excluding carboxylic acids is 2. The van der Waals surface area contributed by atoms with E-state index in [-0.39, 0.29) is 25.3 Å². The minimum atomic E-state index is -3.61. The lowest BCUT2D eigenvalue weighted by atomic mass is 9.95. The normalized spacial score (nSPS) is 17.9. The van der Waals surface area contributed by atoms with Crippen molar-refractivity contribution in [2.75, 3.05) is 29.0 Å². The Kier molecular flexibility index (Phi) is 6.88. The Bertz CT molecular complexity index is 1190. The van der Waals surface area contributed by atoms with Crippen LogP contribution in [0.3, 0.4) is 0 Å². The van der Waals surface area contributed by atoms with Gasteiger partial charge in [-0.2, -0.15) is 0 Å². The van der Waals surface area contributed by atoms with Crippen molar-refractivity contribution in [1.82, 2.24) is 0 Å². The zero-order chi connectivity index (χ0) is 23.8. The Balaban J connectivity index is 1.63. The second-order valence-corrected chi connectivity index (χ2v) is 11.4. The van der Waals surface area contributed by atoms with Gasteiger partial charge in [0.1, 0.15) is 10.8 Å². The van der Waals surface area contributed by atoms with Gasteiger partial charge in [0.05, 0.1) is 24.1 Å². The number of hydrogen-bond acceptors (Lipinski definition) is 7. The maximum absolute atomic E-state index is 13.2. The maximum Gasteiger partial charge on any atom is 0.341 e. The van der Waals surface area contributed by atoms with Crippen LogP contribution in [0.4, 0.5) is 10.7 Å². The molecule has 4 rings (SSSR count). The quantitative estimate of drug-likeness (QED) is 0.607. The number of ether oxygens (including phenoxy) is 2. The number of thiophene rings is 1. The van der Waals surface area contributed by atoms with Gasteiger partial charge < -0.3 is 14.8 Å². The topological polar surface area (TPSA) is 102 Å². The largest absolute Gasteiger partial charge is 0.478 e. The van der Waals surface area contributed by atoms with Crippen LogP contribution < -0.4 is 14.4 Å². The van der Waals surface area contributed by atoms with Gasteiger partial charge in [0, 0.05) is 22.9 Å². The number of fused-ring (bicyclic) bond motifs is 2. The van der Waals surface area contributed by atoms with Gasteiger partial charge in [0.2, 0.25) is 10.0 Å².